The molecule has 0 bridgehead atoms. The first kappa shape index (κ1) is 17.5. The Kier molecular flexibility index (Phi) is 4.81. The molecule has 6 nitrogen and oxygen atoms in total. The first-order chi connectivity index (χ1) is 11.8. The Morgan fingerprint density at radius 2 is 1.92 bits per heavy atom. The van der Waals surface area contributed by atoms with Crippen molar-refractivity contribution in [1.82, 2.24) is 19.8 Å². The van der Waals surface area contributed by atoms with Crippen molar-refractivity contribution in [2.24, 2.45) is 0 Å². The normalized spacial score (nSPS) is 13.0. The lowest BCUT2D eigenvalue weighted by molar-refractivity contribution is 0.235. The smallest absolute Gasteiger partial charge is 0.178 e. The molecule has 25 heavy (non-hydrogen) atoms. The molecule has 0 radical (unpaired) electrons. The topological polar surface area (TPSA) is 64.3 Å². The van der Waals surface area contributed by atoms with Crippen LogP contribution in [0.3, 0.4) is 0 Å². The van der Waals surface area contributed by atoms with Crippen molar-refractivity contribution < 1.29 is 4.74 Å². The maximum absolute atomic E-state index is 6.12. The second-order valence-corrected chi connectivity index (χ2v) is 7.41. The summed E-state index contributed by atoms with van der Waals surface area (Å²) in [7, 11) is 0. The van der Waals surface area contributed by atoms with Crippen molar-refractivity contribution in [3.05, 3.63) is 47.2 Å². The van der Waals surface area contributed by atoms with E-state index in [1.807, 2.05) is 43.3 Å². The molecule has 0 aliphatic rings. The first-order valence-electron chi connectivity index (χ1n) is 8.22. The molecule has 2 aromatic heterocycles. The van der Waals surface area contributed by atoms with E-state index in [1.54, 1.807) is 4.52 Å². The maximum atomic E-state index is 6.12. The van der Waals surface area contributed by atoms with E-state index in [-0.39, 0.29) is 11.5 Å². The van der Waals surface area contributed by atoms with Crippen LogP contribution >= 0.6 is 11.6 Å². The summed E-state index contributed by atoms with van der Waals surface area (Å²) in [6.07, 6.45) is -0.0691. The van der Waals surface area contributed by atoms with Crippen LogP contribution < -0.4 is 10.1 Å². The number of hydrogen-bond acceptors (Lipinski definition) is 5. The molecule has 1 unspecified atom stereocenters. The Morgan fingerprint density at radius 1 is 1.16 bits per heavy atom. The predicted molar refractivity (Wildman–Crippen MR) is 99.5 cm³/mol. The third kappa shape index (κ3) is 4.02. The van der Waals surface area contributed by atoms with Gasteiger partial charge in [-0.05, 0) is 31.2 Å². The molecule has 3 aromatic rings. The summed E-state index contributed by atoms with van der Waals surface area (Å²) < 4.78 is 7.64. The summed E-state index contributed by atoms with van der Waals surface area (Å²) in [5, 5.41) is 16.9. The molecule has 1 atom stereocenters. The number of benzene rings is 1. The van der Waals surface area contributed by atoms with Gasteiger partial charge in [0.2, 0.25) is 0 Å². The number of nitrogens with zero attached hydrogens (tertiary/aromatic N) is 4. The van der Waals surface area contributed by atoms with Gasteiger partial charge in [-0.15, -0.1) is 15.3 Å². The second-order valence-electron chi connectivity index (χ2n) is 7.00. The second kappa shape index (κ2) is 6.88. The first-order valence-corrected chi connectivity index (χ1v) is 8.60. The summed E-state index contributed by atoms with van der Waals surface area (Å²) in [5.41, 5.74) is 0.599. The predicted octanol–water partition coefficient (Wildman–Crippen LogP) is 3.95. The van der Waals surface area contributed by atoms with Crippen LogP contribution in [-0.4, -0.2) is 32.5 Å². The van der Waals surface area contributed by atoms with Gasteiger partial charge in [0.25, 0.3) is 0 Å². The van der Waals surface area contributed by atoms with Crippen LogP contribution in [0.15, 0.2) is 36.4 Å². The molecule has 2 heterocycles. The number of fused-ring (bicyclic) bond motifs is 1. The van der Waals surface area contributed by atoms with E-state index in [0.717, 1.165) is 17.3 Å². The zero-order valence-electron chi connectivity index (χ0n) is 14.8. The lowest BCUT2D eigenvalue weighted by atomic mass is 9.96. The molecule has 1 aromatic carbocycles. The van der Waals surface area contributed by atoms with Gasteiger partial charge >= 0.3 is 0 Å². The maximum Gasteiger partial charge on any atom is 0.178 e. The van der Waals surface area contributed by atoms with E-state index in [0.29, 0.717) is 17.3 Å². The van der Waals surface area contributed by atoms with Gasteiger partial charge in [-0.1, -0.05) is 44.5 Å². The zero-order valence-corrected chi connectivity index (χ0v) is 15.6. The number of anilines is 1. The van der Waals surface area contributed by atoms with Gasteiger partial charge in [-0.2, -0.15) is 4.52 Å². The summed E-state index contributed by atoms with van der Waals surface area (Å²) in [5.74, 6) is 2.25. The van der Waals surface area contributed by atoms with Gasteiger partial charge in [-0.25, -0.2) is 0 Å². The molecule has 0 aliphatic carbocycles. The van der Waals surface area contributed by atoms with Gasteiger partial charge in [-0.3, -0.25) is 0 Å². The fraction of sp³-hybridized carbons (Fsp3) is 0.389. The fourth-order valence-electron chi connectivity index (χ4n) is 2.40. The van der Waals surface area contributed by atoms with Crippen molar-refractivity contribution in [1.29, 1.82) is 0 Å². The molecule has 0 aliphatic heterocycles. The minimum absolute atomic E-state index is 0.0691. The monoisotopic (exact) mass is 359 g/mol. The highest BCUT2D eigenvalue weighted by molar-refractivity contribution is 6.32. The van der Waals surface area contributed by atoms with Gasteiger partial charge in [0.15, 0.2) is 11.5 Å². The molecule has 0 fully saturated rings. The average molecular weight is 360 g/mol. The van der Waals surface area contributed by atoms with Gasteiger partial charge in [0.05, 0.1) is 11.6 Å². The molecular weight excluding hydrogens is 338 g/mol. The SMILES string of the molecule is CC(CNc1ccc2nnc(C(C)(C)C)n2n1)Oc1ccccc1Cl. The van der Waals surface area contributed by atoms with Crippen LogP contribution in [0.1, 0.15) is 33.5 Å². The van der Waals surface area contributed by atoms with E-state index in [1.165, 1.54) is 0 Å². The molecule has 132 valence electrons. The number of para-hydroxylation sites is 1. The molecule has 0 saturated heterocycles. The van der Waals surface area contributed by atoms with E-state index in [2.05, 4.69) is 41.4 Å². The molecule has 7 heteroatoms. The lowest BCUT2D eigenvalue weighted by Crippen LogP contribution is -2.24. The average Bonchev–Trinajstić information content (AvgIpc) is 2.98. The Hall–Kier alpha value is -2.34. The molecule has 1 N–H and O–H groups in total. The molecule has 0 saturated carbocycles. The Labute approximate surface area is 152 Å². The lowest BCUT2D eigenvalue weighted by Gasteiger charge is -2.17. The van der Waals surface area contributed by atoms with Crippen molar-refractivity contribution in [3.63, 3.8) is 0 Å². The minimum atomic E-state index is -0.133. The van der Waals surface area contributed by atoms with Gasteiger partial charge in [0.1, 0.15) is 17.7 Å². The summed E-state index contributed by atoms with van der Waals surface area (Å²) in [6.45, 7) is 8.84. The van der Waals surface area contributed by atoms with E-state index in [9.17, 15) is 0 Å². The van der Waals surface area contributed by atoms with Crippen LogP contribution in [0.25, 0.3) is 5.65 Å². The van der Waals surface area contributed by atoms with Crippen LogP contribution in [0.5, 0.6) is 5.75 Å². The highest BCUT2D eigenvalue weighted by Crippen LogP contribution is 2.24. The number of rotatable bonds is 5. The fourth-order valence-corrected chi connectivity index (χ4v) is 2.58. The quantitative estimate of drug-likeness (QED) is 0.747. The van der Waals surface area contributed by atoms with Crippen molar-refractivity contribution >= 4 is 23.1 Å². The van der Waals surface area contributed by atoms with Crippen molar-refractivity contribution in [2.45, 2.75) is 39.2 Å². The summed E-state index contributed by atoms with van der Waals surface area (Å²) >= 11 is 6.12. The van der Waals surface area contributed by atoms with Gasteiger partial charge < -0.3 is 10.1 Å². The number of hydrogen-bond donors (Lipinski definition) is 1. The van der Waals surface area contributed by atoms with E-state index >= 15 is 0 Å². The third-order valence-electron chi connectivity index (χ3n) is 3.67. The number of ether oxygens (including phenoxy) is 1. The third-order valence-corrected chi connectivity index (χ3v) is 3.98. The molecule has 3 rings (SSSR count). The molecular formula is C18H22ClN5O. The number of nitrogens with one attached hydrogen (secondary N) is 1. The van der Waals surface area contributed by atoms with Crippen LogP contribution in [0, 0.1) is 0 Å². The van der Waals surface area contributed by atoms with Crippen molar-refractivity contribution in [3.8, 4) is 5.75 Å². The van der Waals surface area contributed by atoms with Crippen molar-refractivity contribution in [2.75, 3.05) is 11.9 Å². The Bertz CT molecular complexity index is 871. The van der Waals surface area contributed by atoms with E-state index < -0.39 is 0 Å². The summed E-state index contributed by atoms with van der Waals surface area (Å²) in [4.78, 5) is 0. The van der Waals surface area contributed by atoms with Crippen LogP contribution in [-0.2, 0) is 5.41 Å². The van der Waals surface area contributed by atoms with Crippen LogP contribution in [0.2, 0.25) is 5.02 Å². The van der Waals surface area contributed by atoms with E-state index in [4.69, 9.17) is 16.3 Å². The standard InChI is InChI=1S/C18H22ClN5O/c1-12(25-14-8-6-5-7-13(14)19)11-20-15-9-10-16-21-22-17(18(2,3)4)24(16)23-15/h5-10,12H,11H2,1-4H3,(H,20,23). The number of aromatic nitrogens is 4. The largest absolute Gasteiger partial charge is 0.487 e. The highest BCUT2D eigenvalue weighted by atomic mass is 35.5. The van der Waals surface area contributed by atoms with Crippen LogP contribution in [0.4, 0.5) is 5.82 Å². The minimum Gasteiger partial charge on any atom is -0.487 e. The summed E-state index contributed by atoms with van der Waals surface area (Å²) in [6, 6.07) is 11.2. The highest BCUT2D eigenvalue weighted by Gasteiger charge is 2.21. The van der Waals surface area contributed by atoms with Gasteiger partial charge in [0, 0.05) is 5.41 Å². The zero-order chi connectivity index (χ0) is 18.0. The molecule has 0 amide bonds. The Balaban J connectivity index is 1.70. The number of halogens is 1. The molecule has 0 spiro atoms. The Morgan fingerprint density at radius 3 is 2.64 bits per heavy atom.